The number of ether oxygens (including phenoxy) is 4. The number of carbonyl (C=O) groups excluding carboxylic acids is 1. The fourth-order valence-corrected chi connectivity index (χ4v) is 2.23. The SMILES string of the molecule is CCOc1ccc(CNC(=O)COc2ccccc2OC)cc1OC. The summed E-state index contributed by atoms with van der Waals surface area (Å²) in [5, 5.41) is 2.81. The number of hydrogen-bond acceptors (Lipinski definition) is 5. The average Bonchev–Trinajstić information content (AvgIpc) is 2.65. The highest BCUT2D eigenvalue weighted by Crippen LogP contribution is 2.28. The molecule has 1 amide bonds. The van der Waals surface area contributed by atoms with Crippen molar-refractivity contribution in [3.05, 3.63) is 48.0 Å². The normalized spacial score (nSPS) is 10.0. The monoisotopic (exact) mass is 345 g/mol. The fraction of sp³-hybridized carbons (Fsp3) is 0.316. The Morgan fingerprint density at radius 1 is 0.920 bits per heavy atom. The molecule has 0 atom stereocenters. The molecule has 0 aliphatic heterocycles. The first-order valence-corrected chi connectivity index (χ1v) is 8.00. The summed E-state index contributed by atoms with van der Waals surface area (Å²) >= 11 is 0. The minimum Gasteiger partial charge on any atom is -0.493 e. The second-order valence-electron chi connectivity index (χ2n) is 5.13. The second kappa shape index (κ2) is 9.42. The molecule has 6 nitrogen and oxygen atoms in total. The summed E-state index contributed by atoms with van der Waals surface area (Å²) in [6.07, 6.45) is 0. The topological polar surface area (TPSA) is 66.0 Å². The van der Waals surface area contributed by atoms with Gasteiger partial charge in [0.25, 0.3) is 5.91 Å². The van der Waals surface area contributed by atoms with Crippen LogP contribution in [-0.2, 0) is 11.3 Å². The molecular formula is C19H23NO5. The number of para-hydroxylation sites is 2. The summed E-state index contributed by atoms with van der Waals surface area (Å²) in [6, 6.07) is 12.7. The third-order valence-corrected chi connectivity index (χ3v) is 3.45. The van der Waals surface area contributed by atoms with Gasteiger partial charge < -0.3 is 24.3 Å². The van der Waals surface area contributed by atoms with E-state index in [9.17, 15) is 4.79 Å². The van der Waals surface area contributed by atoms with Crippen molar-refractivity contribution in [1.29, 1.82) is 0 Å². The molecule has 2 aromatic carbocycles. The van der Waals surface area contributed by atoms with Gasteiger partial charge in [0.1, 0.15) is 0 Å². The molecule has 0 saturated carbocycles. The van der Waals surface area contributed by atoms with Gasteiger partial charge in [-0.1, -0.05) is 18.2 Å². The van der Waals surface area contributed by atoms with Crippen LogP contribution in [0.3, 0.4) is 0 Å². The van der Waals surface area contributed by atoms with Crippen molar-refractivity contribution >= 4 is 5.91 Å². The van der Waals surface area contributed by atoms with Gasteiger partial charge in [-0.3, -0.25) is 4.79 Å². The minimum atomic E-state index is -0.223. The largest absolute Gasteiger partial charge is 0.493 e. The lowest BCUT2D eigenvalue weighted by Gasteiger charge is -2.12. The van der Waals surface area contributed by atoms with Crippen LogP contribution in [0, 0.1) is 0 Å². The zero-order valence-electron chi connectivity index (χ0n) is 14.7. The van der Waals surface area contributed by atoms with Gasteiger partial charge in [0.15, 0.2) is 29.6 Å². The van der Waals surface area contributed by atoms with Gasteiger partial charge >= 0.3 is 0 Å². The number of nitrogens with one attached hydrogen (secondary N) is 1. The number of amides is 1. The highest BCUT2D eigenvalue weighted by atomic mass is 16.5. The summed E-state index contributed by atoms with van der Waals surface area (Å²) in [4.78, 5) is 12.0. The Hall–Kier alpha value is -2.89. The fourth-order valence-electron chi connectivity index (χ4n) is 2.23. The summed E-state index contributed by atoms with van der Waals surface area (Å²) < 4.78 is 21.4. The lowest BCUT2D eigenvalue weighted by molar-refractivity contribution is -0.123. The molecule has 0 spiro atoms. The summed E-state index contributed by atoms with van der Waals surface area (Å²) in [5.74, 6) is 2.21. The lowest BCUT2D eigenvalue weighted by Crippen LogP contribution is -2.28. The Kier molecular flexibility index (Phi) is 6.95. The van der Waals surface area contributed by atoms with Crippen LogP contribution in [0.4, 0.5) is 0 Å². The molecule has 0 fully saturated rings. The average molecular weight is 345 g/mol. The molecule has 2 aromatic rings. The smallest absolute Gasteiger partial charge is 0.258 e. The first kappa shape index (κ1) is 18.4. The maximum absolute atomic E-state index is 12.0. The molecule has 0 unspecified atom stereocenters. The standard InChI is InChI=1S/C19H23NO5/c1-4-24-17-10-9-14(11-18(17)23-3)12-20-19(21)13-25-16-8-6-5-7-15(16)22-2/h5-11H,4,12-13H2,1-3H3,(H,20,21). The van der Waals surface area contributed by atoms with Crippen molar-refractivity contribution < 1.29 is 23.7 Å². The van der Waals surface area contributed by atoms with Crippen LogP contribution in [0.2, 0.25) is 0 Å². The van der Waals surface area contributed by atoms with Crippen molar-refractivity contribution in [3.63, 3.8) is 0 Å². The Morgan fingerprint density at radius 3 is 2.28 bits per heavy atom. The van der Waals surface area contributed by atoms with Gasteiger partial charge in [0.2, 0.25) is 0 Å². The van der Waals surface area contributed by atoms with Crippen molar-refractivity contribution in [3.8, 4) is 23.0 Å². The van der Waals surface area contributed by atoms with Gasteiger partial charge in [-0.05, 0) is 36.8 Å². The van der Waals surface area contributed by atoms with Gasteiger partial charge in [0, 0.05) is 6.54 Å². The molecule has 0 saturated heterocycles. The van der Waals surface area contributed by atoms with Crippen LogP contribution in [0.25, 0.3) is 0 Å². The van der Waals surface area contributed by atoms with Gasteiger partial charge in [-0.25, -0.2) is 0 Å². The Bertz CT molecular complexity index is 702. The van der Waals surface area contributed by atoms with Crippen molar-refractivity contribution in [2.24, 2.45) is 0 Å². The van der Waals surface area contributed by atoms with E-state index in [2.05, 4.69) is 5.32 Å². The van der Waals surface area contributed by atoms with Gasteiger partial charge in [-0.15, -0.1) is 0 Å². The maximum Gasteiger partial charge on any atom is 0.258 e. The molecule has 0 heterocycles. The van der Waals surface area contributed by atoms with E-state index in [-0.39, 0.29) is 12.5 Å². The number of carbonyl (C=O) groups is 1. The van der Waals surface area contributed by atoms with Crippen molar-refractivity contribution in [1.82, 2.24) is 5.32 Å². The van der Waals surface area contributed by atoms with E-state index in [0.29, 0.717) is 36.1 Å². The predicted octanol–water partition coefficient (Wildman–Crippen LogP) is 2.80. The third kappa shape index (κ3) is 5.31. The number of rotatable bonds is 9. The third-order valence-electron chi connectivity index (χ3n) is 3.45. The van der Waals surface area contributed by atoms with Crippen LogP contribution < -0.4 is 24.3 Å². The first-order chi connectivity index (χ1) is 12.2. The molecule has 1 N–H and O–H groups in total. The van der Waals surface area contributed by atoms with Crippen LogP contribution in [-0.4, -0.2) is 33.3 Å². The summed E-state index contributed by atoms with van der Waals surface area (Å²) in [6.45, 7) is 2.76. The van der Waals surface area contributed by atoms with E-state index in [0.717, 1.165) is 5.56 Å². The lowest BCUT2D eigenvalue weighted by atomic mass is 10.2. The molecular weight excluding hydrogens is 322 g/mol. The van der Waals surface area contributed by atoms with Crippen LogP contribution in [0.5, 0.6) is 23.0 Å². The molecule has 134 valence electrons. The van der Waals surface area contributed by atoms with Crippen molar-refractivity contribution in [2.75, 3.05) is 27.4 Å². The molecule has 2 rings (SSSR count). The minimum absolute atomic E-state index is 0.0888. The van der Waals surface area contributed by atoms with E-state index in [1.54, 1.807) is 26.4 Å². The molecule has 0 bridgehead atoms. The molecule has 0 aliphatic rings. The number of benzene rings is 2. The van der Waals surface area contributed by atoms with E-state index in [1.807, 2.05) is 37.3 Å². The van der Waals surface area contributed by atoms with E-state index < -0.39 is 0 Å². The van der Waals surface area contributed by atoms with Gasteiger partial charge in [-0.2, -0.15) is 0 Å². The molecule has 6 heteroatoms. The second-order valence-corrected chi connectivity index (χ2v) is 5.13. The van der Waals surface area contributed by atoms with Crippen LogP contribution >= 0.6 is 0 Å². The summed E-state index contributed by atoms with van der Waals surface area (Å²) in [5.41, 5.74) is 0.908. The zero-order chi connectivity index (χ0) is 18.1. The van der Waals surface area contributed by atoms with E-state index in [1.165, 1.54) is 0 Å². The molecule has 25 heavy (non-hydrogen) atoms. The highest BCUT2D eigenvalue weighted by molar-refractivity contribution is 5.77. The highest BCUT2D eigenvalue weighted by Gasteiger charge is 2.09. The summed E-state index contributed by atoms with van der Waals surface area (Å²) in [7, 11) is 3.14. The van der Waals surface area contributed by atoms with Crippen LogP contribution in [0.15, 0.2) is 42.5 Å². The zero-order valence-corrected chi connectivity index (χ0v) is 14.7. The van der Waals surface area contributed by atoms with Crippen LogP contribution in [0.1, 0.15) is 12.5 Å². The quantitative estimate of drug-likeness (QED) is 0.757. The predicted molar refractivity (Wildman–Crippen MR) is 94.5 cm³/mol. The van der Waals surface area contributed by atoms with E-state index in [4.69, 9.17) is 18.9 Å². The molecule has 0 aliphatic carbocycles. The Balaban J connectivity index is 1.87. The molecule has 0 radical (unpaired) electrons. The Morgan fingerprint density at radius 2 is 1.60 bits per heavy atom. The molecule has 0 aromatic heterocycles. The maximum atomic E-state index is 12.0. The van der Waals surface area contributed by atoms with Gasteiger partial charge in [0.05, 0.1) is 20.8 Å². The Labute approximate surface area is 147 Å². The van der Waals surface area contributed by atoms with Crippen molar-refractivity contribution in [2.45, 2.75) is 13.5 Å². The number of hydrogen-bond donors (Lipinski definition) is 1. The number of methoxy groups -OCH3 is 2. The first-order valence-electron chi connectivity index (χ1n) is 8.00. The van der Waals surface area contributed by atoms with E-state index >= 15 is 0 Å².